The van der Waals surface area contributed by atoms with Crippen LogP contribution in [0.1, 0.15) is 26.7 Å². The van der Waals surface area contributed by atoms with Crippen LogP contribution in [0.25, 0.3) is 0 Å². The van der Waals surface area contributed by atoms with Crippen LogP contribution in [0.15, 0.2) is 0 Å². The number of rotatable bonds is 8. The third-order valence-corrected chi connectivity index (χ3v) is 3.65. The zero-order chi connectivity index (χ0) is 13.4. The van der Waals surface area contributed by atoms with E-state index in [2.05, 4.69) is 23.6 Å². The molecule has 4 nitrogen and oxygen atoms in total. The fourth-order valence-electron chi connectivity index (χ4n) is 2.74. The molecule has 1 fully saturated rings. The van der Waals surface area contributed by atoms with E-state index in [1.165, 1.54) is 32.7 Å². The highest BCUT2D eigenvalue weighted by Gasteiger charge is 2.23. The summed E-state index contributed by atoms with van der Waals surface area (Å²) in [5.41, 5.74) is 5.61. The minimum absolute atomic E-state index is 0.555. The van der Waals surface area contributed by atoms with Gasteiger partial charge in [-0.3, -0.25) is 4.90 Å². The lowest BCUT2D eigenvalue weighted by Gasteiger charge is -2.39. The highest BCUT2D eigenvalue weighted by molar-refractivity contribution is 4.79. The van der Waals surface area contributed by atoms with Gasteiger partial charge in [-0.1, -0.05) is 13.8 Å². The van der Waals surface area contributed by atoms with E-state index < -0.39 is 0 Å². The Labute approximate surface area is 112 Å². The molecule has 0 aromatic rings. The van der Waals surface area contributed by atoms with Crippen molar-refractivity contribution < 1.29 is 4.74 Å². The van der Waals surface area contributed by atoms with Crippen LogP contribution in [0.5, 0.6) is 0 Å². The van der Waals surface area contributed by atoms with Gasteiger partial charge >= 0.3 is 0 Å². The molecule has 0 saturated carbocycles. The van der Waals surface area contributed by atoms with E-state index in [4.69, 9.17) is 10.5 Å². The molecule has 0 aromatic carbocycles. The van der Waals surface area contributed by atoms with Gasteiger partial charge in [0.15, 0.2) is 0 Å². The lowest BCUT2D eigenvalue weighted by molar-refractivity contribution is 0.0422. The van der Waals surface area contributed by atoms with E-state index in [9.17, 15) is 0 Å². The number of methoxy groups -OCH3 is 1. The second-order valence-corrected chi connectivity index (χ2v) is 5.77. The number of nitrogens with zero attached hydrogens (tertiary/aromatic N) is 2. The molecule has 1 aliphatic heterocycles. The summed E-state index contributed by atoms with van der Waals surface area (Å²) >= 11 is 0. The van der Waals surface area contributed by atoms with Crippen LogP contribution < -0.4 is 5.73 Å². The molecule has 4 heteroatoms. The molecule has 18 heavy (non-hydrogen) atoms. The fraction of sp³-hybridized carbons (Fsp3) is 1.00. The summed E-state index contributed by atoms with van der Waals surface area (Å²) < 4.78 is 5.35. The molecule has 0 aliphatic carbocycles. The SMILES string of the molecule is COCC(CCCN)N1CCN(CC(C)C)CC1. The van der Waals surface area contributed by atoms with Crippen LogP contribution >= 0.6 is 0 Å². The van der Waals surface area contributed by atoms with E-state index in [1.54, 1.807) is 7.11 Å². The van der Waals surface area contributed by atoms with Crippen molar-refractivity contribution in [2.75, 3.05) is 53.0 Å². The zero-order valence-electron chi connectivity index (χ0n) is 12.4. The summed E-state index contributed by atoms with van der Waals surface area (Å²) in [6.45, 7) is 12.2. The first-order valence-corrected chi connectivity index (χ1v) is 7.32. The van der Waals surface area contributed by atoms with Gasteiger partial charge in [0, 0.05) is 45.9 Å². The van der Waals surface area contributed by atoms with E-state index in [0.29, 0.717) is 6.04 Å². The third-order valence-electron chi connectivity index (χ3n) is 3.65. The summed E-state index contributed by atoms with van der Waals surface area (Å²) in [6, 6.07) is 0.555. The largest absolute Gasteiger partial charge is 0.383 e. The predicted molar refractivity (Wildman–Crippen MR) is 76.8 cm³/mol. The van der Waals surface area contributed by atoms with Gasteiger partial charge in [-0.2, -0.15) is 0 Å². The quantitative estimate of drug-likeness (QED) is 0.705. The Morgan fingerprint density at radius 3 is 2.33 bits per heavy atom. The molecule has 0 aromatic heterocycles. The van der Waals surface area contributed by atoms with E-state index in [-0.39, 0.29) is 0 Å². The van der Waals surface area contributed by atoms with Gasteiger partial charge < -0.3 is 15.4 Å². The fourth-order valence-corrected chi connectivity index (χ4v) is 2.74. The Morgan fingerprint density at radius 1 is 1.17 bits per heavy atom. The molecule has 108 valence electrons. The number of nitrogens with two attached hydrogens (primary N) is 1. The predicted octanol–water partition coefficient (Wildman–Crippen LogP) is 1.01. The van der Waals surface area contributed by atoms with Crippen LogP contribution in [0.2, 0.25) is 0 Å². The Kier molecular flexibility index (Phi) is 7.82. The normalized spacial score (nSPS) is 20.5. The second-order valence-electron chi connectivity index (χ2n) is 5.77. The van der Waals surface area contributed by atoms with Crippen molar-refractivity contribution in [2.45, 2.75) is 32.7 Å². The summed E-state index contributed by atoms with van der Waals surface area (Å²) in [5, 5.41) is 0. The first kappa shape index (κ1) is 15.9. The number of ether oxygens (including phenoxy) is 1. The maximum atomic E-state index is 5.61. The molecule has 1 heterocycles. The molecular weight excluding hydrogens is 226 g/mol. The topological polar surface area (TPSA) is 41.7 Å². The molecule has 2 N–H and O–H groups in total. The molecule has 1 unspecified atom stereocenters. The summed E-state index contributed by atoms with van der Waals surface area (Å²) in [6.07, 6.45) is 2.26. The molecule has 0 spiro atoms. The standard InChI is InChI=1S/C14H31N3O/c1-13(2)11-16-7-9-17(10-8-16)14(12-18-3)5-4-6-15/h13-14H,4-12,15H2,1-3H3. The van der Waals surface area contributed by atoms with Crippen LogP contribution in [0.3, 0.4) is 0 Å². The number of hydrogen-bond acceptors (Lipinski definition) is 4. The highest BCUT2D eigenvalue weighted by Crippen LogP contribution is 2.12. The molecule has 1 saturated heterocycles. The number of piperazine rings is 1. The van der Waals surface area contributed by atoms with Gasteiger partial charge in [0.25, 0.3) is 0 Å². The van der Waals surface area contributed by atoms with Crippen molar-refractivity contribution in [1.29, 1.82) is 0 Å². The molecule has 0 amide bonds. The van der Waals surface area contributed by atoms with E-state index in [1.807, 2.05) is 0 Å². The van der Waals surface area contributed by atoms with Crippen LogP contribution in [0.4, 0.5) is 0 Å². The average Bonchev–Trinajstić information content (AvgIpc) is 2.35. The Balaban J connectivity index is 2.33. The van der Waals surface area contributed by atoms with Gasteiger partial charge in [0.05, 0.1) is 6.61 Å². The summed E-state index contributed by atoms with van der Waals surface area (Å²) in [7, 11) is 1.80. The minimum atomic E-state index is 0.555. The first-order valence-electron chi connectivity index (χ1n) is 7.32. The molecular formula is C14H31N3O. The van der Waals surface area contributed by atoms with Gasteiger partial charge in [-0.25, -0.2) is 0 Å². The first-order chi connectivity index (χ1) is 8.67. The average molecular weight is 257 g/mol. The molecule has 0 radical (unpaired) electrons. The maximum Gasteiger partial charge on any atom is 0.0618 e. The third kappa shape index (κ3) is 5.65. The summed E-state index contributed by atoms with van der Waals surface area (Å²) in [5.74, 6) is 0.767. The van der Waals surface area contributed by atoms with E-state index >= 15 is 0 Å². The lowest BCUT2D eigenvalue weighted by atomic mass is 10.1. The van der Waals surface area contributed by atoms with Crippen LogP contribution in [0, 0.1) is 5.92 Å². The van der Waals surface area contributed by atoms with Gasteiger partial charge in [0.1, 0.15) is 0 Å². The maximum absolute atomic E-state index is 5.61. The molecule has 1 rings (SSSR count). The van der Waals surface area contributed by atoms with Crippen molar-refractivity contribution in [3.8, 4) is 0 Å². The highest BCUT2D eigenvalue weighted by atomic mass is 16.5. The summed E-state index contributed by atoms with van der Waals surface area (Å²) in [4.78, 5) is 5.16. The van der Waals surface area contributed by atoms with Crippen LogP contribution in [-0.2, 0) is 4.74 Å². The van der Waals surface area contributed by atoms with Gasteiger partial charge in [-0.05, 0) is 25.3 Å². The minimum Gasteiger partial charge on any atom is -0.383 e. The van der Waals surface area contributed by atoms with Crippen molar-refractivity contribution in [3.05, 3.63) is 0 Å². The number of hydrogen-bond donors (Lipinski definition) is 1. The smallest absolute Gasteiger partial charge is 0.0618 e. The Bertz CT molecular complexity index is 203. The van der Waals surface area contributed by atoms with Crippen molar-refractivity contribution in [2.24, 2.45) is 11.7 Å². The monoisotopic (exact) mass is 257 g/mol. The second kappa shape index (κ2) is 8.86. The molecule has 1 aliphatic rings. The lowest BCUT2D eigenvalue weighted by Crippen LogP contribution is -2.52. The van der Waals surface area contributed by atoms with Crippen molar-refractivity contribution in [1.82, 2.24) is 9.80 Å². The van der Waals surface area contributed by atoms with Crippen molar-refractivity contribution in [3.63, 3.8) is 0 Å². The zero-order valence-corrected chi connectivity index (χ0v) is 12.4. The Hall–Kier alpha value is -0.160. The Morgan fingerprint density at radius 2 is 1.83 bits per heavy atom. The van der Waals surface area contributed by atoms with Crippen LogP contribution in [-0.4, -0.2) is 68.8 Å². The van der Waals surface area contributed by atoms with Crippen molar-refractivity contribution >= 4 is 0 Å². The molecule has 1 atom stereocenters. The van der Waals surface area contributed by atoms with Gasteiger partial charge in [-0.15, -0.1) is 0 Å². The van der Waals surface area contributed by atoms with E-state index in [0.717, 1.165) is 31.9 Å². The molecule has 0 bridgehead atoms. The van der Waals surface area contributed by atoms with Gasteiger partial charge in [0.2, 0.25) is 0 Å².